The second kappa shape index (κ2) is 4.28. The summed E-state index contributed by atoms with van der Waals surface area (Å²) in [5.74, 6) is 1.00. The molecule has 2 heterocycles. The third-order valence-corrected chi connectivity index (χ3v) is 3.01. The lowest BCUT2D eigenvalue weighted by Crippen LogP contribution is -2.34. The largest absolute Gasteiger partial charge is 0.319 e. The number of hydrogen-bond acceptors (Lipinski definition) is 4. The molecular formula is C10H19N5. The van der Waals surface area contributed by atoms with Crippen molar-refractivity contribution < 1.29 is 0 Å². The molecule has 1 aliphatic rings. The minimum atomic E-state index is 0.272. The van der Waals surface area contributed by atoms with Gasteiger partial charge in [-0.1, -0.05) is 0 Å². The molecule has 1 aromatic rings. The topological polar surface area (TPSA) is 46.0 Å². The average Bonchev–Trinajstić information content (AvgIpc) is 2.75. The van der Waals surface area contributed by atoms with E-state index in [0.717, 1.165) is 12.4 Å². The van der Waals surface area contributed by atoms with Crippen molar-refractivity contribution in [1.82, 2.24) is 25.0 Å². The van der Waals surface area contributed by atoms with E-state index in [9.17, 15) is 0 Å². The molecule has 1 fully saturated rings. The maximum Gasteiger partial charge on any atom is 0.149 e. The first-order valence-electron chi connectivity index (χ1n) is 5.45. The Morgan fingerprint density at radius 2 is 2.33 bits per heavy atom. The SMILES string of the molecule is CC(NC1CCN(C)C1)c1nncn1C. The van der Waals surface area contributed by atoms with Gasteiger partial charge in [-0.3, -0.25) is 0 Å². The molecule has 15 heavy (non-hydrogen) atoms. The highest BCUT2D eigenvalue weighted by Gasteiger charge is 2.22. The lowest BCUT2D eigenvalue weighted by molar-refractivity contribution is 0.382. The normalized spacial score (nSPS) is 24.6. The Morgan fingerprint density at radius 1 is 1.53 bits per heavy atom. The van der Waals surface area contributed by atoms with E-state index >= 15 is 0 Å². The van der Waals surface area contributed by atoms with Crippen LogP contribution in [0.15, 0.2) is 6.33 Å². The van der Waals surface area contributed by atoms with Crippen molar-refractivity contribution in [2.45, 2.75) is 25.4 Å². The summed E-state index contributed by atoms with van der Waals surface area (Å²) in [6.07, 6.45) is 2.97. The van der Waals surface area contributed by atoms with Gasteiger partial charge in [-0.05, 0) is 26.9 Å². The van der Waals surface area contributed by atoms with Crippen LogP contribution in [-0.4, -0.2) is 45.8 Å². The molecule has 0 spiro atoms. The maximum atomic E-state index is 4.11. The minimum absolute atomic E-state index is 0.272. The number of hydrogen-bond donors (Lipinski definition) is 1. The highest BCUT2D eigenvalue weighted by molar-refractivity contribution is 4.94. The molecule has 0 bridgehead atoms. The van der Waals surface area contributed by atoms with Crippen LogP contribution in [-0.2, 0) is 7.05 Å². The number of aromatic nitrogens is 3. The van der Waals surface area contributed by atoms with E-state index in [1.165, 1.54) is 13.0 Å². The molecule has 2 atom stereocenters. The van der Waals surface area contributed by atoms with Gasteiger partial charge in [0.05, 0.1) is 6.04 Å². The number of nitrogens with one attached hydrogen (secondary N) is 1. The summed E-state index contributed by atoms with van der Waals surface area (Å²) in [5, 5.41) is 11.6. The van der Waals surface area contributed by atoms with Crippen LogP contribution in [0.25, 0.3) is 0 Å². The molecule has 5 nitrogen and oxygen atoms in total. The van der Waals surface area contributed by atoms with Crippen LogP contribution in [0.3, 0.4) is 0 Å². The third kappa shape index (κ3) is 2.35. The summed E-state index contributed by atoms with van der Waals surface area (Å²) in [6.45, 7) is 4.45. The number of rotatable bonds is 3. The van der Waals surface area contributed by atoms with E-state index in [1.807, 2.05) is 11.6 Å². The van der Waals surface area contributed by atoms with Gasteiger partial charge in [0.25, 0.3) is 0 Å². The van der Waals surface area contributed by atoms with Gasteiger partial charge in [0.15, 0.2) is 0 Å². The van der Waals surface area contributed by atoms with Crippen LogP contribution < -0.4 is 5.32 Å². The van der Waals surface area contributed by atoms with Gasteiger partial charge in [0.2, 0.25) is 0 Å². The third-order valence-electron chi connectivity index (χ3n) is 3.01. The predicted octanol–water partition coefficient (Wildman–Crippen LogP) is 0.170. The Kier molecular flexibility index (Phi) is 3.02. The number of nitrogens with zero attached hydrogens (tertiary/aromatic N) is 4. The molecule has 1 saturated heterocycles. The lowest BCUT2D eigenvalue weighted by Gasteiger charge is -2.18. The van der Waals surface area contributed by atoms with Crippen molar-refractivity contribution in [3.05, 3.63) is 12.2 Å². The highest BCUT2D eigenvalue weighted by atomic mass is 15.3. The summed E-state index contributed by atoms with van der Waals surface area (Å²) in [5.41, 5.74) is 0. The summed E-state index contributed by atoms with van der Waals surface area (Å²) >= 11 is 0. The number of likely N-dealkylation sites (tertiary alicyclic amines) is 1. The van der Waals surface area contributed by atoms with E-state index < -0.39 is 0 Å². The van der Waals surface area contributed by atoms with E-state index in [4.69, 9.17) is 0 Å². The first kappa shape index (κ1) is 10.6. The predicted molar refractivity (Wildman–Crippen MR) is 58.5 cm³/mol. The summed E-state index contributed by atoms with van der Waals surface area (Å²) in [6, 6.07) is 0.857. The van der Waals surface area contributed by atoms with Gasteiger partial charge in [0, 0.05) is 19.6 Å². The molecule has 1 aliphatic heterocycles. The first-order valence-corrected chi connectivity index (χ1v) is 5.45. The Morgan fingerprint density at radius 3 is 2.87 bits per heavy atom. The van der Waals surface area contributed by atoms with Crippen molar-refractivity contribution in [3.63, 3.8) is 0 Å². The van der Waals surface area contributed by atoms with Crippen molar-refractivity contribution in [3.8, 4) is 0 Å². The fourth-order valence-corrected chi connectivity index (χ4v) is 2.18. The van der Waals surface area contributed by atoms with Crippen LogP contribution in [0, 0.1) is 0 Å². The van der Waals surface area contributed by atoms with E-state index in [2.05, 4.69) is 34.4 Å². The fourth-order valence-electron chi connectivity index (χ4n) is 2.18. The molecule has 2 rings (SSSR count). The first-order chi connectivity index (χ1) is 7.16. The Balaban J connectivity index is 1.92. The molecule has 2 unspecified atom stereocenters. The lowest BCUT2D eigenvalue weighted by atomic mass is 10.2. The van der Waals surface area contributed by atoms with E-state index in [1.54, 1.807) is 6.33 Å². The van der Waals surface area contributed by atoms with Crippen LogP contribution in [0.5, 0.6) is 0 Å². The summed E-state index contributed by atoms with van der Waals surface area (Å²) in [4.78, 5) is 2.35. The van der Waals surface area contributed by atoms with E-state index in [0.29, 0.717) is 6.04 Å². The van der Waals surface area contributed by atoms with Gasteiger partial charge in [-0.25, -0.2) is 0 Å². The van der Waals surface area contributed by atoms with Crippen LogP contribution in [0.1, 0.15) is 25.2 Å². The molecule has 0 radical (unpaired) electrons. The standard InChI is InChI=1S/C10H19N5/c1-8(10-13-11-7-15(10)3)12-9-4-5-14(2)6-9/h7-9,12H,4-6H2,1-3H3. The summed E-state index contributed by atoms with van der Waals surface area (Å²) in [7, 11) is 4.14. The minimum Gasteiger partial charge on any atom is -0.319 e. The molecule has 1 aromatic heterocycles. The zero-order chi connectivity index (χ0) is 10.8. The van der Waals surface area contributed by atoms with Crippen LogP contribution >= 0.6 is 0 Å². The van der Waals surface area contributed by atoms with Crippen molar-refractivity contribution >= 4 is 0 Å². The molecule has 0 saturated carbocycles. The Hall–Kier alpha value is -0.940. The quantitative estimate of drug-likeness (QED) is 0.771. The monoisotopic (exact) mass is 209 g/mol. The second-order valence-electron chi connectivity index (χ2n) is 4.44. The van der Waals surface area contributed by atoms with Crippen LogP contribution in [0.2, 0.25) is 0 Å². The molecule has 1 N–H and O–H groups in total. The molecule has 0 aromatic carbocycles. The highest BCUT2D eigenvalue weighted by Crippen LogP contribution is 2.13. The Labute approximate surface area is 90.5 Å². The maximum absolute atomic E-state index is 4.11. The van der Waals surface area contributed by atoms with E-state index in [-0.39, 0.29) is 6.04 Å². The van der Waals surface area contributed by atoms with Gasteiger partial charge in [-0.2, -0.15) is 0 Å². The van der Waals surface area contributed by atoms with Crippen molar-refractivity contribution in [2.75, 3.05) is 20.1 Å². The van der Waals surface area contributed by atoms with Gasteiger partial charge in [0.1, 0.15) is 12.2 Å². The molecule has 0 aliphatic carbocycles. The van der Waals surface area contributed by atoms with Gasteiger partial charge in [-0.15, -0.1) is 10.2 Å². The van der Waals surface area contributed by atoms with Gasteiger partial charge < -0.3 is 14.8 Å². The number of likely N-dealkylation sites (N-methyl/N-ethyl adjacent to an activating group) is 1. The smallest absolute Gasteiger partial charge is 0.149 e. The van der Waals surface area contributed by atoms with Crippen molar-refractivity contribution in [1.29, 1.82) is 0 Å². The second-order valence-corrected chi connectivity index (χ2v) is 4.44. The molecule has 0 amide bonds. The zero-order valence-electron chi connectivity index (χ0n) is 9.64. The number of aryl methyl sites for hydroxylation is 1. The molecule has 5 heteroatoms. The van der Waals surface area contributed by atoms with Crippen molar-refractivity contribution in [2.24, 2.45) is 7.05 Å². The average molecular weight is 209 g/mol. The van der Waals surface area contributed by atoms with Gasteiger partial charge >= 0.3 is 0 Å². The summed E-state index contributed by atoms with van der Waals surface area (Å²) < 4.78 is 1.97. The molecule has 84 valence electrons. The molecular weight excluding hydrogens is 190 g/mol. The zero-order valence-corrected chi connectivity index (χ0v) is 9.64. The Bertz CT molecular complexity index is 321. The fraction of sp³-hybridized carbons (Fsp3) is 0.800. The van der Waals surface area contributed by atoms with Crippen LogP contribution in [0.4, 0.5) is 0 Å².